The fourth-order valence-corrected chi connectivity index (χ4v) is 3.75. The molecule has 0 aliphatic heterocycles. The molecule has 4 heteroatoms. The lowest BCUT2D eigenvalue weighted by Gasteiger charge is -2.08. The maximum atomic E-state index is 5.57. The fraction of sp³-hybridized carbons (Fsp3) is 0.0870. The van der Waals surface area contributed by atoms with Crippen LogP contribution in [0.4, 0.5) is 0 Å². The zero-order chi connectivity index (χ0) is 18.4. The summed E-state index contributed by atoms with van der Waals surface area (Å²) in [6.07, 6.45) is 0. The third-order valence-electron chi connectivity index (χ3n) is 5.04. The van der Waals surface area contributed by atoms with Crippen LogP contribution < -0.4 is 9.47 Å². The Morgan fingerprint density at radius 2 is 1.41 bits per heavy atom. The lowest BCUT2D eigenvalue weighted by molar-refractivity contribution is 0.395. The maximum absolute atomic E-state index is 5.57. The van der Waals surface area contributed by atoms with Gasteiger partial charge in [-0.15, -0.1) is 0 Å². The van der Waals surface area contributed by atoms with E-state index >= 15 is 0 Å². The van der Waals surface area contributed by atoms with E-state index < -0.39 is 0 Å². The van der Waals surface area contributed by atoms with Gasteiger partial charge in [-0.05, 0) is 22.9 Å². The number of fused-ring (bicyclic) bond motifs is 6. The summed E-state index contributed by atoms with van der Waals surface area (Å²) in [5.41, 5.74) is 2.91. The van der Waals surface area contributed by atoms with Gasteiger partial charge in [0.1, 0.15) is 17.3 Å². The molecule has 5 rings (SSSR count). The maximum Gasteiger partial charge on any atom is 0.142 e. The van der Waals surface area contributed by atoms with E-state index in [4.69, 9.17) is 14.5 Å². The van der Waals surface area contributed by atoms with Crippen molar-refractivity contribution in [3.63, 3.8) is 0 Å². The van der Waals surface area contributed by atoms with Crippen molar-refractivity contribution in [2.75, 3.05) is 14.2 Å². The Labute approximate surface area is 156 Å². The van der Waals surface area contributed by atoms with Gasteiger partial charge in [0.15, 0.2) is 0 Å². The molecular formula is C23H18N2O2. The fourth-order valence-electron chi connectivity index (χ4n) is 3.75. The second-order valence-corrected chi connectivity index (χ2v) is 6.47. The van der Waals surface area contributed by atoms with E-state index in [2.05, 4.69) is 53.5 Å². The molecule has 0 spiro atoms. The number of aromatic nitrogens is 2. The molecule has 0 fully saturated rings. The first-order valence-corrected chi connectivity index (χ1v) is 8.81. The molecule has 0 bridgehead atoms. The molecule has 0 amide bonds. The standard InChI is InChI=1S/C23H18N2O2/c1-26-14-11-12-19(20(13-14)27-2)23-24-21-17-9-5-3-7-15(17)16-8-4-6-10-18(16)22(21)25-23/h3-13H,1-2H3,(H,24,25). The Balaban J connectivity index is 1.87. The largest absolute Gasteiger partial charge is 0.497 e. The van der Waals surface area contributed by atoms with Gasteiger partial charge in [-0.2, -0.15) is 0 Å². The van der Waals surface area contributed by atoms with Gasteiger partial charge in [0.25, 0.3) is 0 Å². The number of benzene rings is 4. The van der Waals surface area contributed by atoms with Crippen molar-refractivity contribution >= 4 is 32.6 Å². The summed E-state index contributed by atoms with van der Waals surface area (Å²) in [5.74, 6) is 2.26. The van der Waals surface area contributed by atoms with Crippen LogP contribution in [0, 0.1) is 0 Å². The second kappa shape index (κ2) is 6.02. The van der Waals surface area contributed by atoms with Crippen molar-refractivity contribution < 1.29 is 9.47 Å². The van der Waals surface area contributed by atoms with Crippen LogP contribution in [0.3, 0.4) is 0 Å². The number of hydrogen-bond donors (Lipinski definition) is 1. The zero-order valence-electron chi connectivity index (χ0n) is 15.1. The number of H-pyrrole nitrogens is 1. The number of ether oxygens (including phenoxy) is 2. The Morgan fingerprint density at radius 1 is 0.741 bits per heavy atom. The SMILES string of the molecule is COc1ccc(-c2nc3c4ccccc4c4ccccc4c3[nH]2)c(OC)c1. The molecule has 0 atom stereocenters. The highest BCUT2D eigenvalue weighted by Crippen LogP contribution is 2.37. The van der Waals surface area contributed by atoms with Crippen molar-refractivity contribution in [2.45, 2.75) is 0 Å². The number of imidazole rings is 1. The lowest BCUT2D eigenvalue weighted by Crippen LogP contribution is -1.91. The molecule has 0 aliphatic rings. The number of aromatic amines is 1. The van der Waals surface area contributed by atoms with E-state index in [1.54, 1.807) is 14.2 Å². The Morgan fingerprint density at radius 3 is 2.11 bits per heavy atom. The Kier molecular flexibility index (Phi) is 3.50. The zero-order valence-corrected chi connectivity index (χ0v) is 15.1. The summed E-state index contributed by atoms with van der Waals surface area (Å²) in [4.78, 5) is 8.48. The molecule has 27 heavy (non-hydrogen) atoms. The molecule has 0 aliphatic carbocycles. The van der Waals surface area contributed by atoms with Crippen LogP contribution in [-0.2, 0) is 0 Å². The average Bonchev–Trinajstić information content (AvgIpc) is 3.19. The van der Waals surface area contributed by atoms with Gasteiger partial charge < -0.3 is 14.5 Å². The highest BCUT2D eigenvalue weighted by Gasteiger charge is 2.16. The molecule has 1 aromatic heterocycles. The molecular weight excluding hydrogens is 336 g/mol. The van der Waals surface area contributed by atoms with E-state index in [0.29, 0.717) is 0 Å². The number of rotatable bonds is 3. The Bertz CT molecular complexity index is 1230. The van der Waals surface area contributed by atoms with Crippen molar-refractivity contribution in [2.24, 2.45) is 0 Å². The minimum Gasteiger partial charge on any atom is -0.497 e. The first kappa shape index (κ1) is 15.7. The molecule has 0 saturated carbocycles. The van der Waals surface area contributed by atoms with Crippen LogP contribution in [0.25, 0.3) is 44.0 Å². The smallest absolute Gasteiger partial charge is 0.142 e. The predicted octanol–water partition coefficient (Wildman–Crippen LogP) is 5.55. The van der Waals surface area contributed by atoms with Gasteiger partial charge >= 0.3 is 0 Å². The summed E-state index contributed by atoms with van der Waals surface area (Å²) in [6, 6.07) is 22.6. The minimum absolute atomic E-state index is 0.724. The van der Waals surface area contributed by atoms with E-state index in [-0.39, 0.29) is 0 Å². The molecule has 0 unspecified atom stereocenters. The summed E-state index contributed by atoms with van der Waals surface area (Å²) < 4.78 is 10.9. The topological polar surface area (TPSA) is 47.1 Å². The van der Waals surface area contributed by atoms with Gasteiger partial charge in [-0.25, -0.2) is 4.98 Å². The molecule has 0 saturated heterocycles. The van der Waals surface area contributed by atoms with Crippen LogP contribution in [-0.4, -0.2) is 24.2 Å². The summed E-state index contributed by atoms with van der Waals surface area (Å²) >= 11 is 0. The normalized spacial score (nSPS) is 11.3. The van der Waals surface area contributed by atoms with Crippen molar-refractivity contribution in [1.29, 1.82) is 0 Å². The van der Waals surface area contributed by atoms with Gasteiger partial charge in [0, 0.05) is 16.8 Å². The summed E-state index contributed by atoms with van der Waals surface area (Å²) in [6.45, 7) is 0. The first-order chi connectivity index (χ1) is 13.3. The van der Waals surface area contributed by atoms with E-state index in [1.165, 1.54) is 10.8 Å². The number of nitrogens with one attached hydrogen (secondary N) is 1. The van der Waals surface area contributed by atoms with E-state index in [9.17, 15) is 0 Å². The highest BCUT2D eigenvalue weighted by atomic mass is 16.5. The van der Waals surface area contributed by atoms with E-state index in [0.717, 1.165) is 44.7 Å². The molecule has 132 valence electrons. The van der Waals surface area contributed by atoms with Crippen LogP contribution in [0.1, 0.15) is 0 Å². The molecule has 4 nitrogen and oxygen atoms in total. The molecule has 5 aromatic rings. The third-order valence-corrected chi connectivity index (χ3v) is 5.04. The second-order valence-electron chi connectivity index (χ2n) is 6.47. The number of methoxy groups -OCH3 is 2. The third kappa shape index (κ3) is 2.34. The van der Waals surface area contributed by atoms with Gasteiger partial charge in [-0.3, -0.25) is 0 Å². The van der Waals surface area contributed by atoms with Crippen LogP contribution in [0.5, 0.6) is 11.5 Å². The van der Waals surface area contributed by atoms with Crippen molar-refractivity contribution in [3.05, 3.63) is 66.7 Å². The van der Waals surface area contributed by atoms with Crippen LogP contribution in [0.2, 0.25) is 0 Å². The minimum atomic E-state index is 0.724. The monoisotopic (exact) mass is 354 g/mol. The lowest BCUT2D eigenvalue weighted by atomic mass is 10.0. The summed E-state index contributed by atoms with van der Waals surface area (Å²) in [5, 5.41) is 4.73. The molecule has 0 radical (unpaired) electrons. The summed E-state index contributed by atoms with van der Waals surface area (Å²) in [7, 11) is 3.31. The number of nitrogens with zero attached hydrogens (tertiary/aromatic N) is 1. The van der Waals surface area contributed by atoms with Crippen molar-refractivity contribution in [3.8, 4) is 22.9 Å². The van der Waals surface area contributed by atoms with Gasteiger partial charge in [0.05, 0.1) is 30.8 Å². The molecule has 1 heterocycles. The first-order valence-electron chi connectivity index (χ1n) is 8.81. The quantitative estimate of drug-likeness (QED) is 0.432. The van der Waals surface area contributed by atoms with Gasteiger partial charge in [0.2, 0.25) is 0 Å². The Hall–Kier alpha value is -3.53. The van der Waals surface area contributed by atoms with E-state index in [1.807, 2.05) is 18.2 Å². The van der Waals surface area contributed by atoms with Crippen molar-refractivity contribution in [1.82, 2.24) is 9.97 Å². The van der Waals surface area contributed by atoms with Gasteiger partial charge in [-0.1, -0.05) is 48.5 Å². The van der Waals surface area contributed by atoms with Crippen LogP contribution >= 0.6 is 0 Å². The average molecular weight is 354 g/mol. The molecule has 4 aromatic carbocycles. The number of hydrogen-bond acceptors (Lipinski definition) is 3. The molecule has 1 N–H and O–H groups in total. The highest BCUT2D eigenvalue weighted by molar-refractivity contribution is 6.23. The predicted molar refractivity (Wildman–Crippen MR) is 110 cm³/mol. The van der Waals surface area contributed by atoms with Crippen LogP contribution in [0.15, 0.2) is 66.7 Å².